The Morgan fingerprint density at radius 1 is 0.296 bits per heavy atom. The van der Waals surface area contributed by atoms with Gasteiger partial charge in [-0.15, -0.1) is 22.9 Å². The van der Waals surface area contributed by atoms with E-state index in [0.717, 1.165) is 0 Å². The van der Waals surface area contributed by atoms with E-state index in [0.29, 0.717) is 25.7 Å². The number of halogens is 6. The highest BCUT2D eigenvalue weighted by atomic mass is 28.4. The summed E-state index contributed by atoms with van der Waals surface area (Å²) in [6, 6.07) is 0. The fourth-order valence-corrected chi connectivity index (χ4v) is 119. The molecule has 2 saturated heterocycles. The van der Waals surface area contributed by atoms with Gasteiger partial charge in [-0.1, -0.05) is 183 Å². The van der Waals surface area contributed by atoms with Crippen LogP contribution in [0.5, 0.6) is 0 Å². The predicted octanol–water partition coefficient (Wildman–Crippen LogP) is 14.1. The van der Waals surface area contributed by atoms with Crippen LogP contribution in [0.25, 0.3) is 0 Å². The normalized spacial score (nSPS) is 23.2. The Bertz CT molecular complexity index is 1360. The molecule has 1 aromatic rings. The largest absolute Gasteiger partial charge is 0.588 e. The van der Waals surface area contributed by atoms with E-state index in [1.807, 2.05) is 0 Å². The van der Waals surface area contributed by atoms with Crippen LogP contribution in [-0.4, -0.2) is 91.7 Å². The zero-order chi connectivity index (χ0) is 43.3. The molecule has 0 bridgehead atoms. The van der Waals surface area contributed by atoms with Gasteiger partial charge in [0.05, 0.1) is 0 Å². The second kappa shape index (κ2) is 13.5. The van der Waals surface area contributed by atoms with Crippen molar-refractivity contribution in [1.82, 2.24) is 0 Å². The van der Waals surface area contributed by atoms with E-state index in [1.165, 1.54) is 0 Å². The van der Waals surface area contributed by atoms with Gasteiger partial charge in [-0.05, 0) is 0 Å². The van der Waals surface area contributed by atoms with Gasteiger partial charge in [0.1, 0.15) is 23.3 Å². The van der Waals surface area contributed by atoms with Crippen molar-refractivity contribution in [3.8, 4) is 0 Å². The molecule has 2 fully saturated rings. The number of rotatable bonds is 10. The first-order chi connectivity index (χ1) is 23.3. The van der Waals surface area contributed by atoms with Gasteiger partial charge >= 0.3 is 27.1 Å². The minimum Gasteiger partial charge on any atom is -0.588 e. The van der Waals surface area contributed by atoms with Crippen molar-refractivity contribution in [2.45, 2.75) is 197 Å². The minimum atomic E-state index is -5.55. The third-order valence-corrected chi connectivity index (χ3v) is 98.3. The molecule has 0 aliphatic carbocycles. The summed E-state index contributed by atoms with van der Waals surface area (Å²) in [7, 11) is -21.4. The maximum atomic E-state index is 20.7. The summed E-state index contributed by atoms with van der Waals surface area (Å²) < 4.78 is 109. The summed E-state index contributed by atoms with van der Waals surface area (Å²) >= 11 is -11.1. The lowest BCUT2D eigenvalue weighted by molar-refractivity contribution is 0.464. The van der Waals surface area contributed by atoms with E-state index in [1.54, 1.807) is 0 Å². The minimum absolute atomic E-state index is 0.518. The van der Waals surface area contributed by atoms with Gasteiger partial charge in [-0.25, -0.2) is 17.6 Å². The average molecular weight is 930 g/mol. The molecule has 0 amide bonds. The van der Waals surface area contributed by atoms with Crippen molar-refractivity contribution in [2.24, 2.45) is 0 Å². The molecule has 2 aliphatic rings. The third-order valence-electron chi connectivity index (χ3n) is 17.4. The monoisotopic (exact) mass is 928 g/mol. The average Bonchev–Trinajstić information content (AvgIpc) is 3.36. The molecule has 0 spiro atoms. The summed E-state index contributed by atoms with van der Waals surface area (Å²) in [5.41, 5.74) is 0. The highest BCUT2D eigenvalue weighted by Crippen LogP contribution is 2.78. The van der Waals surface area contributed by atoms with E-state index in [4.69, 9.17) is 0 Å². The van der Waals surface area contributed by atoms with Crippen LogP contribution < -0.4 is 8.85 Å². The predicted molar refractivity (Wildman–Crippen MR) is 255 cm³/mol. The summed E-state index contributed by atoms with van der Waals surface area (Å²) in [5.74, 6) is -6.21. The van der Waals surface area contributed by atoms with E-state index >= 15 is 24.6 Å². The van der Waals surface area contributed by atoms with Gasteiger partial charge in [-0.3, -0.25) is 0 Å². The molecule has 0 N–H and O–H groups in total. The molecule has 0 aromatic heterocycles. The Morgan fingerprint density at radius 2 is 0.407 bits per heavy atom. The van der Waals surface area contributed by atoms with Crippen LogP contribution in [0.4, 0.5) is 24.6 Å². The Kier molecular flexibility index (Phi) is 12.5. The highest BCUT2D eigenvalue weighted by Gasteiger charge is 2.82. The first-order valence-corrected chi connectivity index (χ1v) is 53.2. The lowest BCUT2D eigenvalue weighted by Gasteiger charge is -2.69. The second-order valence-electron chi connectivity index (χ2n) is 26.5. The van der Waals surface area contributed by atoms with Crippen LogP contribution in [0.2, 0.25) is 171 Å². The maximum Gasteiger partial charge on any atom is 0.376 e. The number of hydrogen-bond donors (Lipinski definition) is 0. The van der Waals surface area contributed by atoms with Crippen LogP contribution in [0.3, 0.4) is 0 Å². The molecule has 1 aromatic carbocycles. The molecule has 0 saturated carbocycles. The highest BCUT2D eigenvalue weighted by molar-refractivity contribution is 7.30. The third kappa shape index (κ3) is 5.82. The standard InChI is InChI=1S/2C16H40Si4.C6F4.2Al.2FH/c2*1-17(2,3)15(18(4,5)6)13-14-16(19(7,8)9)20(10,11)12;7-3-1-4(8)6(10)2-5(3)9;;;;/h2*13-14H2,1-12H3;;;;2*1H/p-2. The molecular weight excluding hydrogens is 849 g/mol. The number of hydrogen-bond acceptors (Lipinski definition) is 0. The molecule has 2 heterocycles. The molecule has 0 radical (unpaired) electrons. The summed E-state index contributed by atoms with van der Waals surface area (Å²) in [6.45, 7) is 51.3. The lowest BCUT2D eigenvalue weighted by atomic mass is 10.3. The number of benzene rings is 1. The molecule has 16 heteroatoms. The fourth-order valence-electron chi connectivity index (χ4n) is 17.0. The maximum absolute atomic E-state index is 20.7. The van der Waals surface area contributed by atoms with Crippen molar-refractivity contribution < 1.29 is 24.6 Å². The molecule has 0 atom stereocenters. The summed E-state index contributed by atoms with van der Waals surface area (Å²) in [4.78, 5) is 0. The van der Waals surface area contributed by atoms with Crippen molar-refractivity contribution in [3.63, 3.8) is 0 Å². The summed E-state index contributed by atoms with van der Waals surface area (Å²) in [6.07, 6.45) is 2.07. The quantitative estimate of drug-likeness (QED) is 0.125. The van der Waals surface area contributed by atoms with Gasteiger partial charge in [0, 0.05) is 64.6 Å². The van der Waals surface area contributed by atoms with Gasteiger partial charge in [0.2, 0.25) is 0 Å². The molecular formula is C38H80Al2F6Si8-2. The Morgan fingerprint density at radius 3 is 0.500 bits per heavy atom. The summed E-state index contributed by atoms with van der Waals surface area (Å²) in [5, 5.41) is 0. The van der Waals surface area contributed by atoms with Crippen LogP contribution in [0.1, 0.15) is 25.7 Å². The van der Waals surface area contributed by atoms with E-state index in [2.05, 4.69) is 157 Å². The molecule has 0 unspecified atom stereocenters. The van der Waals surface area contributed by atoms with Crippen molar-refractivity contribution in [3.05, 3.63) is 23.3 Å². The van der Waals surface area contributed by atoms with E-state index < -0.39 is 138 Å². The molecule has 0 nitrogen and oxygen atoms in total. The first-order valence-electron chi connectivity index (χ1n) is 20.8. The molecule has 3 rings (SSSR count). The van der Waals surface area contributed by atoms with E-state index in [9.17, 15) is 0 Å². The van der Waals surface area contributed by atoms with Crippen LogP contribution >= 0.6 is 0 Å². The zero-order valence-electron chi connectivity index (χ0n) is 39.3. The van der Waals surface area contributed by atoms with E-state index in [-0.39, 0.29) is 0 Å². The van der Waals surface area contributed by atoms with Gasteiger partial charge in [0.15, 0.2) is 0 Å². The Hall–Kier alpha value is 1.60. The van der Waals surface area contributed by atoms with Crippen molar-refractivity contribution >= 4 is 101 Å². The van der Waals surface area contributed by atoms with Crippen molar-refractivity contribution in [2.75, 3.05) is 0 Å². The van der Waals surface area contributed by atoms with Crippen LogP contribution in [0.15, 0.2) is 0 Å². The zero-order valence-corrected chi connectivity index (χ0v) is 49.6. The Labute approximate surface area is 342 Å². The topological polar surface area (TPSA) is 0 Å². The Balaban J connectivity index is 2.93. The van der Waals surface area contributed by atoms with Crippen LogP contribution in [-0.2, 0) is 0 Å². The van der Waals surface area contributed by atoms with Gasteiger partial charge in [-0.2, -0.15) is 0 Å². The van der Waals surface area contributed by atoms with Gasteiger partial charge in [0.25, 0.3) is 0 Å². The first kappa shape index (κ1) is 50.0. The molecule has 314 valence electrons. The second-order valence-corrected chi connectivity index (χ2v) is 84.4. The molecule has 54 heavy (non-hydrogen) atoms. The fraction of sp³-hybridized carbons (Fsp3) is 0.842. The molecule has 2 aliphatic heterocycles. The lowest BCUT2D eigenvalue weighted by Crippen LogP contribution is -2.81. The smallest absolute Gasteiger partial charge is 0.376 e. The van der Waals surface area contributed by atoms with Crippen LogP contribution in [0, 0.1) is 23.3 Å². The van der Waals surface area contributed by atoms with Crippen molar-refractivity contribution in [1.29, 1.82) is 0 Å². The van der Waals surface area contributed by atoms with Gasteiger partial charge < -0.3 is 7.05 Å². The SMILES string of the molecule is C[Si](C)(C)[C]1([Si](C)(C)C)CC[C]([Si](C)(C)C)([Si](C)(C)C)[Al-]1([F])[c]1c(F)c(F)[c]([Al-]2([F])[C]([Si](C)(C)C)([Si](C)(C)C)CC[C]2([Si](C)(C)C)[Si](C)(C)C)c(F)c1F.